The Bertz CT molecular complexity index is 2090. The maximum Gasteiger partial charge on any atom is 0.369 e. The minimum Gasteiger partial charge on any atom is -0.744 e. The maximum absolute atomic E-state index is 10.5. The third kappa shape index (κ3) is 10.0. The van der Waals surface area contributed by atoms with Crippen LogP contribution in [0.1, 0.15) is 20.7 Å². The van der Waals surface area contributed by atoms with E-state index >= 15 is 0 Å². The first-order valence-corrected chi connectivity index (χ1v) is 15.4. The SMILES string of the molecule is O.O.O.O=C(O)c1cc(S(=O)(=O)[O-])ccc1O.O=C(O)c1cc(S(=O)(=O)[O-])ccc1O.c1ccc2[nH+]c(-c3[nH]c4ccccc4[nH+]3)[nH]c2c1. The highest BCUT2D eigenvalue weighted by Crippen LogP contribution is 2.22. The first-order chi connectivity index (χ1) is 21.5. The predicted molar refractivity (Wildman–Crippen MR) is 166 cm³/mol. The van der Waals surface area contributed by atoms with E-state index in [-0.39, 0.29) is 16.4 Å². The molecule has 21 heteroatoms. The molecule has 0 aliphatic rings. The molecule has 0 atom stereocenters. The van der Waals surface area contributed by atoms with Crippen LogP contribution in [0.3, 0.4) is 0 Å². The molecule has 0 saturated heterocycles. The number of aromatic carboxylic acids is 2. The molecular formula is C28H28N4O15S2. The molecule has 6 aromatic rings. The van der Waals surface area contributed by atoms with Gasteiger partial charge in [-0.3, -0.25) is 0 Å². The summed E-state index contributed by atoms with van der Waals surface area (Å²) in [5, 5.41) is 35.0. The molecule has 2 heterocycles. The number of fused-ring (bicyclic) bond motifs is 2. The molecule has 0 unspecified atom stereocenters. The Morgan fingerprint density at radius 1 is 0.571 bits per heavy atom. The number of imidazole rings is 2. The van der Waals surface area contributed by atoms with Gasteiger partial charge in [0.05, 0.1) is 9.79 Å². The standard InChI is InChI=1S/C14H10N4.2C7H6O6S.3H2O/c1-2-6-10-9(5-1)15-13(16-10)14-17-11-7-3-4-8-12(11)18-14;2*8-6-2-1-4(14(11,12)13)3-5(6)7(9)10;;;/h1-8H,(H,15,16)(H,17,18);2*1-3,8H,(H,9,10)(H,11,12,13);3*1H2. The minimum atomic E-state index is -4.70. The van der Waals surface area contributed by atoms with Crippen molar-refractivity contribution < 1.29 is 82.4 Å². The van der Waals surface area contributed by atoms with Crippen molar-refractivity contribution in [3.8, 4) is 23.1 Å². The highest BCUT2D eigenvalue weighted by atomic mass is 32.2. The fraction of sp³-hybridized carbons (Fsp3) is 0. The smallest absolute Gasteiger partial charge is 0.369 e. The first kappa shape index (κ1) is 41.1. The van der Waals surface area contributed by atoms with Gasteiger partial charge in [-0.25, -0.2) is 46.4 Å². The number of carboxylic acid groups (broad SMARTS) is 2. The number of hydrogen-bond acceptors (Lipinski definition) is 10. The molecule has 0 spiro atoms. The maximum atomic E-state index is 10.5. The molecule has 2 aromatic heterocycles. The van der Waals surface area contributed by atoms with E-state index in [1.54, 1.807) is 0 Å². The van der Waals surface area contributed by atoms with Gasteiger partial charge in [-0.1, -0.05) is 24.3 Å². The van der Waals surface area contributed by atoms with E-state index in [1.165, 1.54) is 0 Å². The van der Waals surface area contributed by atoms with Gasteiger partial charge in [-0.05, 0) is 60.7 Å². The van der Waals surface area contributed by atoms with Crippen molar-refractivity contribution in [1.29, 1.82) is 0 Å². The van der Waals surface area contributed by atoms with Crippen molar-refractivity contribution in [3.63, 3.8) is 0 Å². The van der Waals surface area contributed by atoms with Crippen LogP contribution in [0.25, 0.3) is 33.7 Å². The van der Waals surface area contributed by atoms with Gasteiger partial charge in [0.15, 0.2) is 22.1 Å². The highest BCUT2D eigenvalue weighted by Gasteiger charge is 2.21. The molecule has 0 aliphatic carbocycles. The number of hydrogen-bond donors (Lipinski definition) is 6. The molecule has 0 radical (unpaired) electrons. The molecule has 14 N–H and O–H groups in total. The summed E-state index contributed by atoms with van der Waals surface area (Å²) in [6.45, 7) is 0. The van der Waals surface area contributed by atoms with Crippen LogP contribution in [-0.2, 0) is 20.2 Å². The van der Waals surface area contributed by atoms with Crippen LogP contribution < -0.4 is 9.97 Å². The lowest BCUT2D eigenvalue weighted by Crippen LogP contribution is -2.11. The molecule has 0 amide bonds. The molecule has 0 aliphatic heterocycles. The second-order valence-corrected chi connectivity index (χ2v) is 12.0. The van der Waals surface area contributed by atoms with Crippen LogP contribution >= 0.6 is 0 Å². The number of para-hydroxylation sites is 4. The number of phenols is 2. The number of rotatable bonds is 5. The van der Waals surface area contributed by atoms with Crippen molar-refractivity contribution in [1.82, 2.24) is 9.97 Å². The summed E-state index contributed by atoms with van der Waals surface area (Å²) in [5.74, 6) is -2.30. The van der Waals surface area contributed by atoms with Crippen LogP contribution in [0.5, 0.6) is 11.5 Å². The zero-order chi connectivity index (χ0) is 33.8. The van der Waals surface area contributed by atoms with Crippen molar-refractivity contribution in [2.24, 2.45) is 0 Å². The Kier molecular flexibility index (Phi) is 13.6. The second-order valence-electron chi connectivity index (χ2n) is 9.22. The number of aromatic hydroxyl groups is 2. The van der Waals surface area contributed by atoms with E-state index < -0.39 is 64.6 Å². The van der Waals surface area contributed by atoms with Gasteiger partial charge in [-0.15, -0.1) is 0 Å². The Hall–Kier alpha value is -5.94. The zero-order valence-electron chi connectivity index (χ0n) is 24.5. The van der Waals surface area contributed by atoms with Gasteiger partial charge in [0.2, 0.25) is 0 Å². The van der Waals surface area contributed by atoms with Crippen molar-refractivity contribution in [2.75, 3.05) is 0 Å². The normalized spacial score (nSPS) is 10.6. The summed E-state index contributed by atoms with van der Waals surface area (Å²) in [4.78, 5) is 32.9. The Labute approximate surface area is 275 Å². The lowest BCUT2D eigenvalue weighted by molar-refractivity contribution is -0.370. The van der Waals surface area contributed by atoms with Crippen LogP contribution in [0.4, 0.5) is 0 Å². The molecular weight excluding hydrogens is 696 g/mol. The van der Waals surface area contributed by atoms with E-state index in [1.807, 2.05) is 24.3 Å². The second kappa shape index (κ2) is 16.2. The average molecular weight is 725 g/mol. The van der Waals surface area contributed by atoms with Crippen molar-refractivity contribution in [2.45, 2.75) is 9.79 Å². The van der Waals surface area contributed by atoms with Gasteiger partial charge >= 0.3 is 23.6 Å². The number of nitrogens with one attached hydrogen (secondary N) is 4. The van der Waals surface area contributed by atoms with Gasteiger partial charge in [0.25, 0.3) is 0 Å². The van der Waals surface area contributed by atoms with Crippen LogP contribution in [0, 0.1) is 0 Å². The van der Waals surface area contributed by atoms with Gasteiger partial charge < -0.3 is 46.0 Å². The number of H-pyrrole nitrogens is 4. The van der Waals surface area contributed by atoms with E-state index in [9.17, 15) is 35.5 Å². The van der Waals surface area contributed by atoms with Crippen molar-refractivity contribution >= 4 is 54.2 Å². The summed E-state index contributed by atoms with van der Waals surface area (Å²) in [7, 11) is -9.40. The van der Waals surface area contributed by atoms with Crippen LogP contribution in [0.2, 0.25) is 0 Å². The lowest BCUT2D eigenvalue weighted by atomic mass is 10.2. The third-order valence-corrected chi connectivity index (χ3v) is 7.78. The molecule has 49 heavy (non-hydrogen) atoms. The summed E-state index contributed by atoms with van der Waals surface area (Å²) in [5.41, 5.74) is 3.14. The topological polar surface area (TPSA) is 384 Å². The summed E-state index contributed by atoms with van der Waals surface area (Å²) in [6, 6.07) is 20.9. The summed E-state index contributed by atoms with van der Waals surface area (Å²) < 4.78 is 62.9. The molecule has 19 nitrogen and oxygen atoms in total. The van der Waals surface area contributed by atoms with Crippen LogP contribution in [-0.4, -0.2) is 84.7 Å². The molecule has 6 rings (SSSR count). The quantitative estimate of drug-likeness (QED) is 0.122. The third-order valence-electron chi connectivity index (χ3n) is 6.12. The van der Waals surface area contributed by atoms with E-state index in [0.29, 0.717) is 12.1 Å². The largest absolute Gasteiger partial charge is 0.744 e. The van der Waals surface area contributed by atoms with Gasteiger partial charge in [0.1, 0.15) is 42.9 Å². The monoisotopic (exact) mass is 724 g/mol. The fourth-order valence-electron chi connectivity index (χ4n) is 3.94. The minimum absolute atomic E-state index is 0. The van der Waals surface area contributed by atoms with E-state index in [4.69, 9.17) is 20.4 Å². The summed E-state index contributed by atoms with van der Waals surface area (Å²) in [6.07, 6.45) is 0. The Morgan fingerprint density at radius 2 is 0.898 bits per heavy atom. The number of carboxylic acids is 2. The van der Waals surface area contributed by atoms with E-state index in [2.05, 4.69) is 44.2 Å². The highest BCUT2D eigenvalue weighted by molar-refractivity contribution is 7.86. The van der Waals surface area contributed by atoms with Gasteiger partial charge in [0, 0.05) is 0 Å². The summed E-state index contributed by atoms with van der Waals surface area (Å²) >= 11 is 0. The van der Waals surface area contributed by atoms with Crippen LogP contribution in [0.15, 0.2) is 94.7 Å². The van der Waals surface area contributed by atoms with E-state index in [0.717, 1.165) is 58.0 Å². The lowest BCUT2D eigenvalue weighted by Gasteiger charge is -2.08. The fourth-order valence-corrected chi connectivity index (χ4v) is 4.93. The number of aromatic amines is 4. The number of carbonyl (C=O) groups is 2. The molecule has 0 saturated carbocycles. The molecule has 0 fully saturated rings. The predicted octanol–water partition coefficient (Wildman–Crippen LogP) is -0.541. The molecule has 262 valence electrons. The average Bonchev–Trinajstić information content (AvgIpc) is 3.61. The molecule has 0 bridgehead atoms. The first-order valence-electron chi connectivity index (χ1n) is 12.6. The van der Waals surface area contributed by atoms with Crippen molar-refractivity contribution in [3.05, 3.63) is 96.1 Å². The number of benzene rings is 4. The zero-order valence-corrected chi connectivity index (χ0v) is 26.1. The number of aromatic nitrogens is 4. The Balaban J connectivity index is 0.000000362. The Morgan fingerprint density at radius 3 is 1.18 bits per heavy atom. The molecule has 4 aromatic carbocycles. The van der Waals surface area contributed by atoms with Gasteiger partial charge in [-0.2, -0.15) is 0 Å².